The Morgan fingerprint density at radius 1 is 0.486 bits per heavy atom. The van der Waals surface area contributed by atoms with Crippen molar-refractivity contribution in [3.05, 3.63) is 167 Å². The van der Waals surface area contributed by atoms with Crippen molar-refractivity contribution in [2.75, 3.05) is 60.0 Å². The third-order valence-corrected chi connectivity index (χ3v) is 18.6. The fourth-order valence-corrected chi connectivity index (χ4v) is 13.2. The molecule has 0 aliphatic rings. The zero-order valence-electron chi connectivity index (χ0n) is 64.4. The molecule has 6 amide bonds. The first-order valence-corrected chi connectivity index (χ1v) is 37.0. The average Bonchev–Trinajstić information content (AvgIpc) is 1.63. The third-order valence-electron chi connectivity index (χ3n) is 18.6. The Hall–Kier alpha value is -9.45. The Kier molecular flexibility index (Phi) is 36.6. The molecule has 0 saturated heterocycles. The molecule has 0 aliphatic heterocycles. The minimum absolute atomic E-state index is 0.0144. The van der Waals surface area contributed by atoms with Crippen LogP contribution < -0.4 is 43.4 Å². The second-order valence-electron chi connectivity index (χ2n) is 29.6. The summed E-state index contributed by atoms with van der Waals surface area (Å²) >= 11 is 0. The van der Waals surface area contributed by atoms with E-state index in [1.807, 2.05) is 118 Å². The highest BCUT2D eigenvalue weighted by Crippen LogP contribution is 2.43. The lowest BCUT2D eigenvalue weighted by atomic mass is 9.82. The first kappa shape index (κ1) is 90.2. The van der Waals surface area contributed by atoms with Gasteiger partial charge < -0.3 is 77.6 Å². The van der Waals surface area contributed by atoms with Crippen LogP contribution in [-0.2, 0) is 56.2 Å². The van der Waals surface area contributed by atoms with Gasteiger partial charge in [0, 0.05) is 105 Å². The predicted octanol–water partition coefficient (Wildman–Crippen LogP) is 8.39. The van der Waals surface area contributed by atoms with E-state index in [1.165, 1.54) is 23.6 Å². The number of aromatic nitrogens is 2. The summed E-state index contributed by atoms with van der Waals surface area (Å²) in [5.74, 6) is -7.50. The van der Waals surface area contributed by atoms with Crippen molar-refractivity contribution in [2.24, 2.45) is 22.3 Å². The summed E-state index contributed by atoms with van der Waals surface area (Å²) < 4.78 is 62.5. The highest BCUT2D eigenvalue weighted by atomic mass is 19.1. The van der Waals surface area contributed by atoms with E-state index in [-0.39, 0.29) is 80.3 Å². The fourth-order valence-electron chi connectivity index (χ4n) is 13.2. The molecule has 2 aromatic heterocycles. The van der Waals surface area contributed by atoms with Crippen LogP contribution in [0.3, 0.4) is 0 Å². The van der Waals surface area contributed by atoms with E-state index >= 15 is 8.78 Å². The van der Waals surface area contributed by atoms with Crippen molar-refractivity contribution in [2.45, 2.75) is 188 Å². The largest absolute Gasteiger partial charge is 0.480 e. The van der Waals surface area contributed by atoms with Gasteiger partial charge in [0.1, 0.15) is 42.5 Å². The number of rotatable bonds is 43. The van der Waals surface area contributed by atoms with Crippen LogP contribution in [0.4, 0.5) is 17.6 Å². The van der Waals surface area contributed by atoms with Crippen molar-refractivity contribution in [3.63, 3.8) is 0 Å². The fraction of sp³-hybridized carbons (Fsp3) is 0.494. The van der Waals surface area contributed by atoms with Crippen molar-refractivity contribution in [3.8, 4) is 22.3 Å². The maximum Gasteiger partial charge on any atom is 0.326 e. The summed E-state index contributed by atoms with van der Waals surface area (Å²) in [4.78, 5) is 118. The number of carbonyl (C=O) groups excluding carboxylic acids is 8. The summed E-state index contributed by atoms with van der Waals surface area (Å²) in [7, 11) is 3.66. The summed E-state index contributed by atoms with van der Waals surface area (Å²) in [5, 5.41) is 46.7. The van der Waals surface area contributed by atoms with Gasteiger partial charge in [0.05, 0.1) is 36.3 Å². The van der Waals surface area contributed by atoms with Crippen LogP contribution in [0.5, 0.6) is 0 Å². The predicted molar refractivity (Wildman–Crippen MR) is 410 cm³/mol. The van der Waals surface area contributed by atoms with Gasteiger partial charge in [-0.2, -0.15) is 0 Å². The molecule has 13 N–H and O–H groups in total. The third kappa shape index (κ3) is 28.8. The van der Waals surface area contributed by atoms with Gasteiger partial charge in [-0.15, -0.1) is 0 Å². The molecule has 0 aliphatic carbocycles. The van der Waals surface area contributed by atoms with Gasteiger partial charge in [-0.05, 0) is 162 Å². The van der Waals surface area contributed by atoms with E-state index in [0.29, 0.717) is 61.3 Å². The zero-order valence-corrected chi connectivity index (χ0v) is 64.4. The number of aliphatic hydroxyl groups is 2. The van der Waals surface area contributed by atoms with Crippen LogP contribution in [-0.4, -0.2) is 177 Å². The van der Waals surface area contributed by atoms with Crippen LogP contribution >= 0.6 is 0 Å². The number of unbranched alkanes of at least 4 members (excludes halogenated alkanes) is 2. The number of Topliss-reactive ketones (excluding diaryl/α,β-unsaturated/α-hetero) is 2. The molecule has 4 aromatic carbocycles. The molecule has 28 heteroatoms. The Morgan fingerprint density at radius 2 is 0.890 bits per heavy atom. The van der Waals surface area contributed by atoms with Crippen LogP contribution in [0.1, 0.15) is 167 Å². The van der Waals surface area contributed by atoms with E-state index < -0.39 is 125 Å². The molecule has 0 fully saturated rings. The number of aliphatic hydroxyl groups excluding tert-OH is 2. The van der Waals surface area contributed by atoms with Gasteiger partial charge in [0.15, 0.2) is 11.6 Å². The van der Waals surface area contributed by atoms with E-state index in [9.17, 15) is 67.3 Å². The number of nitrogens with zero attached hydrogens (tertiary/aromatic N) is 4. The van der Waals surface area contributed by atoms with Crippen LogP contribution in [0.15, 0.2) is 122 Å². The maximum atomic E-state index is 15.1. The molecule has 6 aromatic rings. The quantitative estimate of drug-likeness (QED) is 0.0126. The summed E-state index contributed by atoms with van der Waals surface area (Å²) in [6.45, 7) is 14.7. The van der Waals surface area contributed by atoms with E-state index in [4.69, 9.17) is 11.5 Å². The number of aliphatic carboxylic acids is 1. The minimum atomic E-state index is -1.46. The SMILES string of the molecule is CNCCCC[C@H](NC(C)=O)C(=O)CCCNC(=O)[C@@H](N)CCN(C(=O)CO)[C@@H](c1cc(-c2cc(F)ccc2F)cn1Cc1ccccc1)C(C)(C)C.CNCCCC[C@H](NC(C)=O)C(=O)CC[C@@H](NC(=O)[C@@H](N)CCN(C(=O)CO)[C@@H](c1cc(-c2cc(F)ccc2F)cn1Cc1ccccc1)C(C)(C)C)C(=O)O. The molecule has 0 saturated carbocycles. The van der Waals surface area contributed by atoms with Gasteiger partial charge in [-0.25, -0.2) is 22.4 Å². The summed E-state index contributed by atoms with van der Waals surface area (Å²) in [6, 6.07) is 22.2. The molecule has 6 rings (SSSR count). The number of nitrogens with two attached hydrogens (primary N) is 2. The number of carbonyl (C=O) groups is 9. The molecule has 0 unspecified atom stereocenters. The lowest BCUT2D eigenvalue weighted by Crippen LogP contribution is -2.51. The van der Waals surface area contributed by atoms with E-state index in [0.717, 1.165) is 79.9 Å². The topological polar surface area (TPSA) is 355 Å². The summed E-state index contributed by atoms with van der Waals surface area (Å²) in [6.07, 6.45) is 7.40. The number of nitrogens with one attached hydrogen (secondary N) is 6. The number of carboxylic acids is 1. The standard InChI is InChI=1S/C41H56F2N6O7.C40H56F2N6O5/c1-26(51)46-33(13-9-10-19-45-5)36(52)17-16-34(40(55)56)47-39(54)32(44)18-20-49(37(53)25-50)38(41(2,3)4)35-21-28(30-22-29(42)14-15-31(30)43)24-48(35)23-27-11-7-6-8-12-27;1-27(50)46-34(14-9-10-19-44-5)36(51)15-11-20-45-39(53)33(43)18-21-48(37(52)26-49)38(40(2,3)4)35-22-29(31-23-30(41)16-17-32(31)42)25-47(35)24-28-12-7-6-8-13-28/h6-8,11-12,14-15,21-22,24,32-34,38,45,50H,9-10,13,16-20,23,25,44H2,1-5H3,(H,46,51)(H,47,54)(H,55,56);6-8,12-13,16-17,22-23,25,33-34,38,44,49H,9-11,14-15,18-21,24,26,43H2,1-5H3,(H,45,53)(H,46,50)/t32-,33-,34+,38-;33-,34-,38-/m00/s1. The maximum absolute atomic E-state index is 15.1. The van der Waals surface area contributed by atoms with E-state index in [1.54, 1.807) is 31.6 Å². The molecular formula is C81H112F4N12O12. The molecule has 0 bridgehead atoms. The number of amides is 6. The Balaban J connectivity index is 0.000000391. The first-order valence-electron chi connectivity index (χ1n) is 37.0. The van der Waals surface area contributed by atoms with Gasteiger partial charge >= 0.3 is 5.97 Å². The number of benzene rings is 4. The van der Waals surface area contributed by atoms with Crippen LogP contribution in [0.25, 0.3) is 22.3 Å². The van der Waals surface area contributed by atoms with Crippen molar-refractivity contribution in [1.82, 2.24) is 50.8 Å². The van der Waals surface area contributed by atoms with Gasteiger partial charge in [-0.3, -0.25) is 38.4 Å². The van der Waals surface area contributed by atoms with Gasteiger partial charge in [0.25, 0.3) is 0 Å². The van der Waals surface area contributed by atoms with Crippen molar-refractivity contribution < 1.29 is 76.0 Å². The average molecular weight is 1520 g/mol. The molecule has 24 nitrogen and oxygen atoms in total. The molecule has 2 heterocycles. The second-order valence-corrected chi connectivity index (χ2v) is 29.6. The number of ketones is 2. The Bertz CT molecular complexity index is 3960. The minimum Gasteiger partial charge on any atom is -0.480 e. The second kappa shape index (κ2) is 44.3. The Morgan fingerprint density at radius 3 is 1.27 bits per heavy atom. The lowest BCUT2D eigenvalue weighted by molar-refractivity contribution is -0.142. The summed E-state index contributed by atoms with van der Waals surface area (Å²) in [5.41, 5.74) is 15.1. The monoisotopic (exact) mass is 1520 g/mol. The normalized spacial score (nSPS) is 13.4. The number of hydrogen-bond donors (Lipinski definition) is 11. The highest BCUT2D eigenvalue weighted by molar-refractivity contribution is 5.91. The number of halogens is 4. The van der Waals surface area contributed by atoms with Crippen LogP contribution in [0, 0.1) is 34.1 Å². The van der Waals surface area contributed by atoms with Crippen molar-refractivity contribution >= 4 is 53.0 Å². The highest BCUT2D eigenvalue weighted by Gasteiger charge is 2.40. The smallest absolute Gasteiger partial charge is 0.326 e. The van der Waals surface area contributed by atoms with Gasteiger partial charge in [0.2, 0.25) is 35.4 Å². The molecular weight excluding hydrogens is 1410 g/mol. The van der Waals surface area contributed by atoms with E-state index in [2.05, 4.69) is 31.9 Å². The molecule has 596 valence electrons. The molecule has 0 radical (unpaired) electrons. The first-order chi connectivity index (χ1) is 51.6. The molecule has 7 atom stereocenters. The zero-order chi connectivity index (χ0) is 80.7. The van der Waals surface area contributed by atoms with Crippen molar-refractivity contribution in [1.29, 1.82) is 0 Å². The Labute approximate surface area is 636 Å². The lowest BCUT2D eigenvalue weighted by Gasteiger charge is -2.41. The van der Waals surface area contributed by atoms with Crippen LogP contribution in [0.2, 0.25) is 0 Å². The molecule has 0 spiro atoms. The molecule has 109 heavy (non-hydrogen) atoms. The number of carboxylic acid groups (broad SMARTS) is 1. The number of hydrogen-bond acceptors (Lipinski definition) is 15. The van der Waals surface area contributed by atoms with Gasteiger partial charge in [-0.1, -0.05) is 102 Å².